The van der Waals surface area contributed by atoms with E-state index in [-0.39, 0.29) is 5.79 Å². The molecule has 0 bridgehead atoms. The Bertz CT molecular complexity index is 351. The summed E-state index contributed by atoms with van der Waals surface area (Å²) in [5.41, 5.74) is -0.160. The third-order valence-electron chi connectivity index (χ3n) is 4.43. The fourth-order valence-electron chi connectivity index (χ4n) is 2.19. The molecule has 19 heavy (non-hydrogen) atoms. The fourth-order valence-corrected chi connectivity index (χ4v) is 2.19. The normalized spacial score (nSPS) is 23.5. The zero-order valence-electron chi connectivity index (χ0n) is 12.5. The number of hydrogen-bond acceptors (Lipinski definition) is 4. The van der Waals surface area contributed by atoms with Gasteiger partial charge < -0.3 is 19.2 Å². The van der Waals surface area contributed by atoms with Crippen LogP contribution in [0.25, 0.3) is 0 Å². The first-order valence-corrected chi connectivity index (χ1v) is 7.06. The van der Waals surface area contributed by atoms with Gasteiger partial charge >= 0.3 is 7.48 Å². The van der Waals surface area contributed by atoms with Crippen molar-refractivity contribution in [2.75, 3.05) is 13.2 Å². The van der Waals surface area contributed by atoms with Crippen molar-refractivity contribution in [3.05, 3.63) is 11.5 Å². The summed E-state index contributed by atoms with van der Waals surface area (Å²) in [5.74, 6) is -0.366. The molecule has 0 amide bonds. The van der Waals surface area contributed by atoms with Crippen molar-refractivity contribution < 1.29 is 19.2 Å². The van der Waals surface area contributed by atoms with Gasteiger partial charge in [0, 0.05) is 12.8 Å². The van der Waals surface area contributed by atoms with Gasteiger partial charge in [0.1, 0.15) is 0 Å². The highest BCUT2D eigenvalue weighted by molar-refractivity contribution is 6.38. The van der Waals surface area contributed by atoms with Crippen LogP contribution in [0.4, 0.5) is 0 Å². The first-order chi connectivity index (χ1) is 8.74. The Morgan fingerprint density at radius 2 is 1.89 bits per heavy atom. The van der Waals surface area contributed by atoms with E-state index in [1.807, 2.05) is 13.8 Å². The van der Waals surface area contributed by atoms with Crippen LogP contribution in [-0.2, 0) is 14.1 Å². The molecule has 1 saturated heterocycles. The Hall–Kier alpha value is -0.355. The van der Waals surface area contributed by atoms with Crippen LogP contribution in [0.5, 0.6) is 0 Å². The Kier molecular flexibility index (Phi) is 4.12. The summed E-state index contributed by atoms with van der Waals surface area (Å²) in [6.45, 7) is 8.79. The molecule has 1 heterocycles. The minimum atomic E-state index is -0.860. The number of ether oxygens (including phenoxy) is 2. The summed E-state index contributed by atoms with van der Waals surface area (Å²) in [7, 11) is 0.563. The van der Waals surface area contributed by atoms with Gasteiger partial charge in [-0.25, -0.2) is 0 Å². The molecular formula is C14H25BO4. The number of aliphatic hydroxyl groups is 1. The maximum Gasteiger partial charge on any atom is 0.305 e. The molecule has 0 radical (unpaired) electrons. The second kappa shape index (κ2) is 5.21. The molecule has 0 aromatic heterocycles. The molecule has 1 fully saturated rings. The second-order valence-electron chi connectivity index (χ2n) is 6.53. The van der Waals surface area contributed by atoms with E-state index in [2.05, 4.69) is 6.08 Å². The Balaban J connectivity index is 1.87. The topological polar surface area (TPSA) is 47.9 Å². The van der Waals surface area contributed by atoms with Gasteiger partial charge in [-0.15, -0.1) is 0 Å². The second-order valence-corrected chi connectivity index (χ2v) is 6.53. The molecule has 1 spiro atoms. The highest BCUT2D eigenvalue weighted by atomic mass is 16.7. The van der Waals surface area contributed by atoms with E-state index in [9.17, 15) is 5.11 Å². The molecule has 2 rings (SSSR count). The minimum Gasteiger partial charge on any atom is -0.427 e. The minimum absolute atomic E-state index is 0.366. The predicted octanol–water partition coefficient (Wildman–Crippen LogP) is 1.71. The van der Waals surface area contributed by atoms with Gasteiger partial charge in [0.05, 0.1) is 24.4 Å². The third kappa shape index (κ3) is 3.40. The van der Waals surface area contributed by atoms with E-state index < -0.39 is 11.2 Å². The van der Waals surface area contributed by atoms with Crippen LogP contribution < -0.4 is 0 Å². The molecule has 4 nitrogen and oxygen atoms in total. The van der Waals surface area contributed by atoms with Gasteiger partial charge in [0.2, 0.25) is 0 Å². The van der Waals surface area contributed by atoms with Crippen molar-refractivity contribution in [2.24, 2.45) is 0 Å². The van der Waals surface area contributed by atoms with Gasteiger partial charge in [-0.2, -0.15) is 0 Å². The largest absolute Gasteiger partial charge is 0.427 e. The Labute approximate surface area is 116 Å². The summed E-state index contributed by atoms with van der Waals surface area (Å²) < 4.78 is 17.2. The average molecular weight is 268 g/mol. The van der Waals surface area contributed by atoms with E-state index in [0.717, 1.165) is 19.3 Å². The lowest BCUT2D eigenvalue weighted by molar-refractivity contribution is -0.161. The molecular weight excluding hydrogens is 243 g/mol. The van der Waals surface area contributed by atoms with Crippen molar-refractivity contribution in [2.45, 2.75) is 63.9 Å². The van der Waals surface area contributed by atoms with Gasteiger partial charge in [0.25, 0.3) is 0 Å². The summed E-state index contributed by atoms with van der Waals surface area (Å²) in [6.07, 6.45) is 4.79. The lowest BCUT2D eigenvalue weighted by Gasteiger charge is -2.38. The quantitative estimate of drug-likeness (QED) is 0.789. The first-order valence-electron chi connectivity index (χ1n) is 7.06. The summed E-state index contributed by atoms with van der Waals surface area (Å²) in [4.78, 5) is 0. The SMILES string of the molecule is CC(C)(O)C(C)(C)OBC1=CCC2(CC1)OCCO2. The van der Waals surface area contributed by atoms with Crippen molar-refractivity contribution >= 4 is 7.48 Å². The van der Waals surface area contributed by atoms with E-state index in [1.54, 1.807) is 13.8 Å². The van der Waals surface area contributed by atoms with Gasteiger partial charge in [-0.1, -0.05) is 11.5 Å². The van der Waals surface area contributed by atoms with Crippen LogP contribution in [-0.4, -0.2) is 42.8 Å². The van der Waals surface area contributed by atoms with Crippen LogP contribution >= 0.6 is 0 Å². The van der Waals surface area contributed by atoms with E-state index >= 15 is 0 Å². The number of rotatable bonds is 4. The summed E-state index contributed by atoms with van der Waals surface area (Å²) in [5, 5.41) is 10.1. The van der Waals surface area contributed by atoms with Gasteiger partial charge in [-0.05, 0) is 34.1 Å². The molecule has 1 aliphatic heterocycles. The molecule has 0 unspecified atom stereocenters. The maximum absolute atomic E-state index is 10.1. The zero-order chi connectivity index (χ0) is 14.1. The molecule has 0 aromatic carbocycles. The summed E-state index contributed by atoms with van der Waals surface area (Å²) in [6, 6.07) is 0. The highest BCUT2D eigenvalue weighted by Crippen LogP contribution is 2.35. The average Bonchev–Trinajstić information content (AvgIpc) is 2.76. The van der Waals surface area contributed by atoms with Crippen molar-refractivity contribution in [3.63, 3.8) is 0 Å². The van der Waals surface area contributed by atoms with Crippen molar-refractivity contribution in [1.82, 2.24) is 0 Å². The van der Waals surface area contributed by atoms with Crippen LogP contribution in [0.2, 0.25) is 0 Å². The lowest BCUT2D eigenvalue weighted by atomic mass is 9.76. The third-order valence-corrected chi connectivity index (χ3v) is 4.43. The zero-order valence-corrected chi connectivity index (χ0v) is 12.5. The molecule has 0 atom stereocenters. The first kappa shape index (κ1) is 15.0. The van der Waals surface area contributed by atoms with Crippen LogP contribution in [0.15, 0.2) is 11.5 Å². The van der Waals surface area contributed by atoms with Crippen LogP contribution in [0, 0.1) is 0 Å². The van der Waals surface area contributed by atoms with Crippen LogP contribution in [0.3, 0.4) is 0 Å². The fraction of sp³-hybridized carbons (Fsp3) is 0.857. The standard InChI is InChI=1S/C14H25BO4/c1-12(2,16)13(3,4)19-15-11-5-7-14(8-6-11)17-9-10-18-14/h5,15-16H,6-10H2,1-4H3. The molecule has 0 aromatic rings. The van der Waals surface area contributed by atoms with Gasteiger partial charge in [0.15, 0.2) is 5.79 Å². The van der Waals surface area contributed by atoms with E-state index in [0.29, 0.717) is 20.7 Å². The molecule has 0 saturated carbocycles. The van der Waals surface area contributed by atoms with Crippen molar-refractivity contribution in [3.8, 4) is 0 Å². The Morgan fingerprint density at radius 3 is 2.37 bits per heavy atom. The summed E-state index contributed by atoms with van der Waals surface area (Å²) >= 11 is 0. The number of allylic oxidation sites excluding steroid dienone is 1. The smallest absolute Gasteiger partial charge is 0.305 e. The van der Waals surface area contributed by atoms with E-state index in [1.165, 1.54) is 5.47 Å². The van der Waals surface area contributed by atoms with Crippen LogP contribution in [0.1, 0.15) is 47.0 Å². The highest BCUT2D eigenvalue weighted by Gasteiger charge is 2.39. The number of hydrogen-bond donors (Lipinski definition) is 1. The maximum atomic E-state index is 10.1. The van der Waals surface area contributed by atoms with Crippen molar-refractivity contribution in [1.29, 1.82) is 0 Å². The molecule has 1 N–H and O–H groups in total. The molecule has 5 heteroatoms. The molecule has 1 aliphatic carbocycles. The van der Waals surface area contributed by atoms with Gasteiger partial charge in [-0.3, -0.25) is 0 Å². The molecule has 108 valence electrons. The Morgan fingerprint density at radius 1 is 1.26 bits per heavy atom. The molecule has 2 aliphatic rings. The van der Waals surface area contributed by atoms with E-state index in [4.69, 9.17) is 14.1 Å². The monoisotopic (exact) mass is 268 g/mol. The lowest BCUT2D eigenvalue weighted by Crippen LogP contribution is -2.48. The predicted molar refractivity (Wildman–Crippen MR) is 75.2 cm³/mol.